The molecule has 3 rings (SSSR count). The number of nitrogens with two attached hydrogens (primary N) is 1. The number of benzene rings is 1. The summed E-state index contributed by atoms with van der Waals surface area (Å²) >= 11 is 0. The molecule has 1 heterocycles. The molecule has 1 aromatic heterocycles. The summed E-state index contributed by atoms with van der Waals surface area (Å²) in [4.78, 5) is 11.1. The Kier molecular flexibility index (Phi) is 4.71. The van der Waals surface area contributed by atoms with E-state index in [0.717, 1.165) is 25.7 Å². The van der Waals surface area contributed by atoms with Crippen molar-refractivity contribution in [1.29, 1.82) is 0 Å². The highest BCUT2D eigenvalue weighted by Gasteiger charge is 2.24. The predicted octanol–water partition coefficient (Wildman–Crippen LogP) is 2.80. The van der Waals surface area contributed by atoms with E-state index in [1.807, 2.05) is 0 Å². The van der Waals surface area contributed by atoms with E-state index in [-0.39, 0.29) is 17.7 Å². The number of rotatable bonds is 4. The van der Waals surface area contributed by atoms with Crippen molar-refractivity contribution in [3.8, 4) is 11.5 Å². The van der Waals surface area contributed by atoms with E-state index in [1.54, 1.807) is 13.0 Å². The van der Waals surface area contributed by atoms with Crippen molar-refractivity contribution in [3.63, 3.8) is 0 Å². The SMILES string of the molecule is Cc1c(F)cc(-c2n[nH]c(=O)o2)cc1N[C@@H](C)C1CCC(N)CC1. The van der Waals surface area contributed by atoms with Gasteiger partial charge in [0.2, 0.25) is 5.89 Å². The van der Waals surface area contributed by atoms with Crippen LogP contribution in [0.4, 0.5) is 10.1 Å². The Labute approximate surface area is 139 Å². The van der Waals surface area contributed by atoms with Crippen LogP contribution >= 0.6 is 0 Å². The second kappa shape index (κ2) is 6.76. The smallest absolute Gasteiger partial charge is 0.388 e. The van der Waals surface area contributed by atoms with Crippen LogP contribution in [0.15, 0.2) is 21.3 Å². The molecule has 1 aromatic carbocycles. The van der Waals surface area contributed by atoms with Crippen molar-refractivity contribution in [3.05, 3.63) is 34.1 Å². The summed E-state index contributed by atoms with van der Waals surface area (Å²) in [6.07, 6.45) is 4.21. The van der Waals surface area contributed by atoms with E-state index in [0.29, 0.717) is 28.8 Å². The molecule has 0 amide bonds. The minimum atomic E-state index is -0.660. The molecule has 0 radical (unpaired) electrons. The maximum Gasteiger partial charge on any atom is 0.434 e. The largest absolute Gasteiger partial charge is 0.434 e. The van der Waals surface area contributed by atoms with Crippen LogP contribution in [0.1, 0.15) is 38.2 Å². The molecule has 0 unspecified atom stereocenters. The van der Waals surface area contributed by atoms with Crippen LogP contribution in [-0.4, -0.2) is 22.3 Å². The van der Waals surface area contributed by atoms with E-state index in [1.165, 1.54) is 6.07 Å². The van der Waals surface area contributed by atoms with Gasteiger partial charge in [0, 0.05) is 28.9 Å². The van der Waals surface area contributed by atoms with Crippen LogP contribution < -0.4 is 16.8 Å². The Morgan fingerprint density at radius 3 is 2.71 bits per heavy atom. The number of hydrogen-bond acceptors (Lipinski definition) is 5. The lowest BCUT2D eigenvalue weighted by molar-refractivity contribution is 0.302. The summed E-state index contributed by atoms with van der Waals surface area (Å²) in [5, 5.41) is 9.37. The van der Waals surface area contributed by atoms with Gasteiger partial charge in [-0.2, -0.15) is 0 Å². The zero-order valence-electron chi connectivity index (χ0n) is 13.9. The Morgan fingerprint density at radius 2 is 2.08 bits per heavy atom. The molecule has 0 aliphatic heterocycles. The minimum Gasteiger partial charge on any atom is -0.388 e. The summed E-state index contributed by atoms with van der Waals surface area (Å²) in [5.74, 6) is -0.427. The van der Waals surface area contributed by atoms with Crippen molar-refractivity contribution < 1.29 is 8.81 Å². The highest BCUT2D eigenvalue weighted by Crippen LogP contribution is 2.31. The van der Waals surface area contributed by atoms with Gasteiger partial charge < -0.3 is 15.5 Å². The van der Waals surface area contributed by atoms with Gasteiger partial charge >= 0.3 is 5.76 Å². The second-order valence-corrected chi connectivity index (χ2v) is 6.66. The highest BCUT2D eigenvalue weighted by molar-refractivity contribution is 5.65. The van der Waals surface area contributed by atoms with Gasteiger partial charge in [-0.3, -0.25) is 0 Å². The maximum absolute atomic E-state index is 14.3. The average molecular weight is 334 g/mol. The number of halogens is 1. The summed E-state index contributed by atoms with van der Waals surface area (Å²) < 4.78 is 19.2. The first-order valence-corrected chi connectivity index (χ1v) is 8.32. The number of aromatic amines is 1. The second-order valence-electron chi connectivity index (χ2n) is 6.66. The van der Waals surface area contributed by atoms with Crippen LogP contribution in [0, 0.1) is 18.7 Å². The number of anilines is 1. The molecule has 1 aliphatic carbocycles. The fraction of sp³-hybridized carbons (Fsp3) is 0.529. The Balaban J connectivity index is 1.82. The Bertz CT molecular complexity index is 762. The number of H-pyrrole nitrogens is 1. The van der Waals surface area contributed by atoms with Gasteiger partial charge in [-0.1, -0.05) is 0 Å². The lowest BCUT2D eigenvalue weighted by atomic mass is 9.82. The minimum absolute atomic E-state index is 0.0817. The molecule has 0 bridgehead atoms. The van der Waals surface area contributed by atoms with Crippen molar-refractivity contribution in [2.75, 3.05) is 5.32 Å². The van der Waals surface area contributed by atoms with Gasteiger partial charge in [-0.15, -0.1) is 5.10 Å². The standard InChI is InChI=1S/C17H23FN4O2/c1-9-14(18)7-12(16-21-22-17(23)24-16)8-15(9)20-10(2)11-3-5-13(19)6-4-11/h7-8,10-11,13,20H,3-6,19H2,1-2H3,(H,22,23)/t10-,11?,13?/m0/s1. The zero-order chi connectivity index (χ0) is 17.3. The molecule has 1 aliphatic rings. The summed E-state index contributed by atoms with van der Waals surface area (Å²) in [6, 6.07) is 3.60. The van der Waals surface area contributed by atoms with Gasteiger partial charge in [-0.25, -0.2) is 14.3 Å². The van der Waals surface area contributed by atoms with Gasteiger partial charge in [0.25, 0.3) is 0 Å². The van der Waals surface area contributed by atoms with E-state index in [9.17, 15) is 9.18 Å². The Hall–Kier alpha value is -2.15. The molecule has 2 aromatic rings. The van der Waals surface area contributed by atoms with Gasteiger partial charge in [0.15, 0.2) is 0 Å². The van der Waals surface area contributed by atoms with E-state index < -0.39 is 5.76 Å². The Morgan fingerprint density at radius 1 is 1.38 bits per heavy atom. The monoisotopic (exact) mass is 334 g/mol. The quantitative estimate of drug-likeness (QED) is 0.799. The maximum atomic E-state index is 14.3. The third-order valence-corrected chi connectivity index (χ3v) is 4.94. The fourth-order valence-electron chi connectivity index (χ4n) is 3.31. The first-order chi connectivity index (χ1) is 11.4. The van der Waals surface area contributed by atoms with E-state index >= 15 is 0 Å². The highest BCUT2D eigenvalue weighted by atomic mass is 19.1. The van der Waals surface area contributed by atoms with Crippen molar-refractivity contribution in [1.82, 2.24) is 10.2 Å². The zero-order valence-corrected chi connectivity index (χ0v) is 13.9. The molecule has 1 atom stereocenters. The van der Waals surface area contributed by atoms with E-state index in [4.69, 9.17) is 10.2 Å². The van der Waals surface area contributed by atoms with Crippen LogP contribution in [0.3, 0.4) is 0 Å². The molecule has 4 N–H and O–H groups in total. The predicted molar refractivity (Wildman–Crippen MR) is 90.3 cm³/mol. The molecular formula is C17H23FN4O2. The normalized spacial score (nSPS) is 22.3. The van der Waals surface area contributed by atoms with E-state index in [2.05, 4.69) is 22.4 Å². The van der Waals surface area contributed by atoms with Gasteiger partial charge in [0.05, 0.1) is 0 Å². The molecule has 0 saturated heterocycles. The molecule has 1 saturated carbocycles. The topological polar surface area (TPSA) is 96.9 Å². The number of nitrogens with zero attached hydrogens (tertiary/aromatic N) is 1. The third-order valence-electron chi connectivity index (χ3n) is 4.94. The third kappa shape index (κ3) is 3.51. The number of nitrogens with one attached hydrogen (secondary N) is 2. The van der Waals surface area contributed by atoms with Crippen LogP contribution in [0.5, 0.6) is 0 Å². The summed E-state index contributed by atoms with van der Waals surface area (Å²) in [7, 11) is 0. The molecule has 6 nitrogen and oxygen atoms in total. The number of aromatic nitrogens is 2. The first kappa shape index (κ1) is 16.7. The molecule has 24 heavy (non-hydrogen) atoms. The number of hydrogen-bond donors (Lipinski definition) is 3. The lowest BCUT2D eigenvalue weighted by Crippen LogP contribution is -2.34. The van der Waals surface area contributed by atoms with Crippen LogP contribution in [0.2, 0.25) is 0 Å². The molecule has 130 valence electrons. The van der Waals surface area contributed by atoms with Crippen LogP contribution in [0.25, 0.3) is 11.5 Å². The van der Waals surface area contributed by atoms with Crippen molar-refractivity contribution in [2.45, 2.75) is 51.6 Å². The lowest BCUT2D eigenvalue weighted by Gasteiger charge is -2.32. The fourth-order valence-corrected chi connectivity index (χ4v) is 3.31. The van der Waals surface area contributed by atoms with Gasteiger partial charge in [-0.05, 0) is 57.6 Å². The van der Waals surface area contributed by atoms with Crippen molar-refractivity contribution in [2.24, 2.45) is 11.7 Å². The molecular weight excluding hydrogens is 311 g/mol. The summed E-state index contributed by atoms with van der Waals surface area (Å²) in [5.41, 5.74) is 7.62. The summed E-state index contributed by atoms with van der Waals surface area (Å²) in [6.45, 7) is 3.84. The molecule has 1 fully saturated rings. The van der Waals surface area contributed by atoms with Crippen molar-refractivity contribution >= 4 is 5.69 Å². The molecule has 7 heteroatoms. The average Bonchev–Trinajstić information content (AvgIpc) is 2.98. The van der Waals surface area contributed by atoms with Gasteiger partial charge in [0.1, 0.15) is 5.82 Å². The first-order valence-electron chi connectivity index (χ1n) is 8.32. The molecule has 0 spiro atoms. The van der Waals surface area contributed by atoms with Crippen LogP contribution in [-0.2, 0) is 0 Å².